The number of fused-ring (bicyclic) bond motifs is 9. The fourth-order valence-corrected chi connectivity index (χ4v) is 9.91. The Morgan fingerprint density at radius 2 is 1.64 bits per heavy atom. The van der Waals surface area contributed by atoms with Crippen LogP contribution in [0.5, 0.6) is 5.75 Å². The first kappa shape index (κ1) is 32.9. The molecule has 0 saturated heterocycles. The number of halogens is 2. The van der Waals surface area contributed by atoms with Gasteiger partial charge in [-0.25, -0.2) is 9.59 Å². The molecule has 9 heteroatoms. The molecule has 2 aliphatic carbocycles. The maximum Gasteiger partial charge on any atom is 0.337 e. The van der Waals surface area contributed by atoms with E-state index in [1.54, 1.807) is 0 Å². The van der Waals surface area contributed by atoms with E-state index in [0.29, 0.717) is 16.9 Å². The molecule has 0 spiro atoms. The van der Waals surface area contributed by atoms with Crippen LogP contribution in [0, 0.1) is 11.8 Å². The van der Waals surface area contributed by atoms with Gasteiger partial charge in [0, 0.05) is 44.8 Å². The molecule has 3 aromatic rings. The second-order valence-corrected chi connectivity index (χ2v) is 16.4. The van der Waals surface area contributed by atoms with E-state index >= 15 is 0 Å². The lowest BCUT2D eigenvalue weighted by atomic mass is 9.69. The van der Waals surface area contributed by atoms with Crippen molar-refractivity contribution in [2.24, 2.45) is 16.8 Å². The standard InChI is InChI=1S/C41H38Cl2N2O5/c1-18-16-40(3,4)44-28-13-11-22-20(30(18)28)7-9-24-32(33-27(42)15-26(38(46)47)35(43)34(33)39(48)49)25-10-8-21-23(37(25)50-36(22)24)12-14-29-31(21)19(2)17-41(5,6)45-29/h7-15,18-19,22,36,45H,16-17H2,1-6H3,(H,46,47)(H,48,49). The lowest BCUT2D eigenvalue weighted by molar-refractivity contribution is 0.0695. The zero-order valence-corrected chi connectivity index (χ0v) is 30.3. The highest BCUT2D eigenvalue weighted by Gasteiger charge is 2.44. The van der Waals surface area contributed by atoms with Gasteiger partial charge in [-0.2, -0.15) is 0 Å². The summed E-state index contributed by atoms with van der Waals surface area (Å²) in [6, 6.07) is 9.46. The molecule has 3 N–H and O–H groups in total. The molecule has 50 heavy (non-hydrogen) atoms. The van der Waals surface area contributed by atoms with Crippen LogP contribution < -0.4 is 10.1 Å². The number of carboxylic acids is 2. The molecular formula is C41H38Cl2N2O5. The lowest BCUT2D eigenvalue weighted by Gasteiger charge is -2.43. The minimum absolute atomic E-state index is 0.0156. The van der Waals surface area contributed by atoms with Crippen molar-refractivity contribution in [1.82, 2.24) is 0 Å². The van der Waals surface area contributed by atoms with Crippen LogP contribution in [0.25, 0.3) is 16.3 Å². The summed E-state index contributed by atoms with van der Waals surface area (Å²) < 4.78 is 7.15. The molecule has 4 unspecified atom stereocenters. The van der Waals surface area contributed by atoms with E-state index in [-0.39, 0.29) is 55.6 Å². The van der Waals surface area contributed by atoms with Gasteiger partial charge >= 0.3 is 11.9 Å². The molecule has 0 saturated carbocycles. The largest absolute Gasteiger partial charge is 0.483 e. The van der Waals surface area contributed by atoms with Gasteiger partial charge < -0.3 is 20.3 Å². The Balaban J connectivity index is 1.44. The van der Waals surface area contributed by atoms with Gasteiger partial charge in [-0.05, 0) is 105 Å². The average molecular weight is 710 g/mol. The highest BCUT2D eigenvalue weighted by atomic mass is 35.5. The fourth-order valence-electron chi connectivity index (χ4n) is 9.31. The average Bonchev–Trinajstić information content (AvgIpc) is 3.02. The van der Waals surface area contributed by atoms with Gasteiger partial charge in [-0.1, -0.05) is 61.3 Å². The highest BCUT2D eigenvalue weighted by Crippen LogP contribution is 2.54. The van der Waals surface area contributed by atoms with Crippen molar-refractivity contribution in [3.05, 3.63) is 109 Å². The summed E-state index contributed by atoms with van der Waals surface area (Å²) in [5, 5.41) is 25.7. The fraction of sp³-hybridized carbons (Fsp3) is 0.341. The van der Waals surface area contributed by atoms with E-state index in [9.17, 15) is 19.8 Å². The van der Waals surface area contributed by atoms with Gasteiger partial charge in [-0.3, -0.25) is 4.99 Å². The van der Waals surface area contributed by atoms with Crippen LogP contribution >= 0.6 is 23.2 Å². The number of nitrogens with one attached hydrogen (secondary N) is 1. The molecule has 8 rings (SSSR count). The second-order valence-electron chi connectivity index (χ2n) is 15.6. The normalized spacial score (nSPS) is 25.4. The summed E-state index contributed by atoms with van der Waals surface area (Å²) in [5.74, 6) is -1.75. The Hall–Kier alpha value is -4.33. The number of aliphatic imine (C=N–C) groups is 1. The first-order valence-electron chi connectivity index (χ1n) is 17.1. The van der Waals surface area contributed by atoms with Crippen LogP contribution in [0.1, 0.15) is 97.7 Å². The monoisotopic (exact) mass is 708 g/mol. The third kappa shape index (κ3) is 4.88. The SMILES string of the molecule is CC1CC(C)(C)N=C2C=CC3C(=C21)C=CC1=C(c2c(Cl)cc(C(=O)O)c(Cl)c2C(=O)O)c2ccc4c5c(ccc4c2OC13)NC(C)(C)CC5C. The predicted molar refractivity (Wildman–Crippen MR) is 200 cm³/mol. The number of ether oxygens (including phenoxy) is 1. The predicted octanol–water partition coefficient (Wildman–Crippen LogP) is 10.1. The van der Waals surface area contributed by atoms with E-state index in [4.69, 9.17) is 32.9 Å². The summed E-state index contributed by atoms with van der Waals surface area (Å²) in [6.45, 7) is 13.2. The van der Waals surface area contributed by atoms with Crippen molar-refractivity contribution >= 4 is 62.9 Å². The number of hydrogen-bond donors (Lipinski definition) is 3. The Labute approximate surface area is 301 Å². The van der Waals surface area contributed by atoms with Crippen molar-refractivity contribution in [3.63, 3.8) is 0 Å². The summed E-state index contributed by atoms with van der Waals surface area (Å²) >= 11 is 13.5. The van der Waals surface area contributed by atoms with Crippen LogP contribution in [0.2, 0.25) is 10.0 Å². The number of benzene rings is 3. The molecule has 5 aliphatic rings. The van der Waals surface area contributed by atoms with Crippen LogP contribution in [0.4, 0.5) is 5.69 Å². The molecule has 0 radical (unpaired) electrons. The Bertz CT molecular complexity index is 2260. The second kappa shape index (κ2) is 11.1. The van der Waals surface area contributed by atoms with Crippen LogP contribution in [0.15, 0.2) is 76.3 Å². The van der Waals surface area contributed by atoms with Gasteiger partial charge in [0.15, 0.2) is 0 Å². The maximum absolute atomic E-state index is 13.0. The number of carboxylic acid groups (broad SMARTS) is 2. The van der Waals surface area contributed by atoms with E-state index in [0.717, 1.165) is 46.2 Å². The number of allylic oxidation sites excluding steroid dienone is 3. The van der Waals surface area contributed by atoms with Crippen molar-refractivity contribution in [1.29, 1.82) is 0 Å². The summed E-state index contributed by atoms with van der Waals surface area (Å²) in [4.78, 5) is 30.2. The van der Waals surface area contributed by atoms with Gasteiger partial charge in [0.2, 0.25) is 0 Å². The topological polar surface area (TPSA) is 108 Å². The van der Waals surface area contributed by atoms with E-state index in [2.05, 4.69) is 83.3 Å². The van der Waals surface area contributed by atoms with Crippen molar-refractivity contribution in [3.8, 4) is 5.75 Å². The third-order valence-corrected chi connectivity index (χ3v) is 11.6. The molecule has 3 aliphatic heterocycles. The maximum atomic E-state index is 13.0. The smallest absolute Gasteiger partial charge is 0.337 e. The molecule has 0 fully saturated rings. The molecule has 3 heterocycles. The van der Waals surface area contributed by atoms with E-state index in [1.165, 1.54) is 17.2 Å². The number of nitrogens with zero attached hydrogens (tertiary/aromatic N) is 1. The molecule has 7 nitrogen and oxygen atoms in total. The Morgan fingerprint density at radius 3 is 2.36 bits per heavy atom. The van der Waals surface area contributed by atoms with Gasteiger partial charge in [0.25, 0.3) is 0 Å². The van der Waals surface area contributed by atoms with E-state index < -0.39 is 18.0 Å². The zero-order chi connectivity index (χ0) is 35.6. The Morgan fingerprint density at radius 1 is 0.920 bits per heavy atom. The van der Waals surface area contributed by atoms with Crippen LogP contribution in [-0.4, -0.2) is 45.0 Å². The van der Waals surface area contributed by atoms with Gasteiger partial charge in [-0.15, -0.1) is 0 Å². The molecular weight excluding hydrogens is 671 g/mol. The first-order valence-corrected chi connectivity index (χ1v) is 17.8. The van der Waals surface area contributed by atoms with Crippen LogP contribution in [-0.2, 0) is 0 Å². The van der Waals surface area contributed by atoms with Crippen LogP contribution in [0.3, 0.4) is 0 Å². The molecule has 0 aromatic heterocycles. The Kier molecular flexibility index (Phi) is 7.28. The number of rotatable bonds is 3. The third-order valence-electron chi connectivity index (χ3n) is 10.9. The molecule has 0 bridgehead atoms. The molecule has 0 amide bonds. The number of aromatic carboxylic acids is 2. The molecule has 256 valence electrons. The van der Waals surface area contributed by atoms with Crippen molar-refractivity contribution < 1.29 is 24.5 Å². The zero-order valence-electron chi connectivity index (χ0n) is 28.7. The quantitative estimate of drug-likeness (QED) is 0.250. The molecule has 4 atom stereocenters. The molecule has 3 aromatic carbocycles. The van der Waals surface area contributed by atoms with Gasteiger partial charge in [0.1, 0.15) is 11.9 Å². The van der Waals surface area contributed by atoms with E-state index in [1.807, 2.05) is 12.1 Å². The number of hydrogen-bond acceptors (Lipinski definition) is 5. The minimum atomic E-state index is -1.37. The van der Waals surface area contributed by atoms with Crippen molar-refractivity contribution in [2.75, 3.05) is 5.32 Å². The summed E-state index contributed by atoms with van der Waals surface area (Å²) in [6.07, 6.45) is 9.67. The minimum Gasteiger partial charge on any atom is -0.483 e. The summed E-state index contributed by atoms with van der Waals surface area (Å²) in [7, 11) is 0. The number of carbonyl (C=O) groups is 2. The lowest BCUT2D eigenvalue weighted by Crippen LogP contribution is -2.39. The highest BCUT2D eigenvalue weighted by molar-refractivity contribution is 6.40. The number of anilines is 1. The van der Waals surface area contributed by atoms with Crippen molar-refractivity contribution in [2.45, 2.75) is 77.5 Å². The first-order chi connectivity index (χ1) is 23.6. The van der Waals surface area contributed by atoms with Gasteiger partial charge in [0.05, 0.1) is 32.4 Å². The summed E-state index contributed by atoms with van der Waals surface area (Å²) in [5.41, 5.74) is 6.82.